The fourth-order valence-corrected chi connectivity index (χ4v) is 2.70. The fraction of sp³-hybridized carbons (Fsp3) is 0.429. The summed E-state index contributed by atoms with van der Waals surface area (Å²) in [6.45, 7) is 0.793. The summed E-state index contributed by atoms with van der Waals surface area (Å²) in [5, 5.41) is 8.84. The first-order valence-corrected chi connectivity index (χ1v) is 6.36. The van der Waals surface area contributed by atoms with E-state index in [1.165, 1.54) is 6.07 Å². The molecule has 19 heavy (non-hydrogen) atoms. The summed E-state index contributed by atoms with van der Waals surface area (Å²) in [5.74, 6) is -2.32. The van der Waals surface area contributed by atoms with Gasteiger partial charge in [-0.2, -0.15) is 0 Å². The van der Waals surface area contributed by atoms with Crippen LogP contribution in [-0.4, -0.2) is 28.4 Å². The maximum absolute atomic E-state index is 13.7. The van der Waals surface area contributed by atoms with Crippen molar-refractivity contribution < 1.29 is 19.1 Å². The molecule has 3 rings (SSSR count). The first-order chi connectivity index (χ1) is 9.08. The van der Waals surface area contributed by atoms with Crippen LogP contribution in [0.5, 0.6) is 0 Å². The fourth-order valence-electron chi connectivity index (χ4n) is 2.70. The van der Waals surface area contributed by atoms with Crippen LogP contribution < -0.4 is 0 Å². The summed E-state index contributed by atoms with van der Waals surface area (Å²) in [6, 6.07) is 4.94. The van der Waals surface area contributed by atoms with E-state index in [4.69, 9.17) is 5.11 Å². The third-order valence-corrected chi connectivity index (χ3v) is 3.95. The zero-order valence-electron chi connectivity index (χ0n) is 10.3. The van der Waals surface area contributed by atoms with Gasteiger partial charge < -0.3 is 10.0 Å². The Morgan fingerprint density at radius 2 is 2.11 bits per heavy atom. The molecule has 2 atom stereocenters. The molecule has 1 fully saturated rings. The quantitative estimate of drug-likeness (QED) is 0.878. The van der Waals surface area contributed by atoms with E-state index in [0.29, 0.717) is 24.9 Å². The van der Waals surface area contributed by atoms with Crippen molar-refractivity contribution in [1.29, 1.82) is 0 Å². The highest BCUT2D eigenvalue weighted by atomic mass is 19.1. The van der Waals surface area contributed by atoms with Crippen molar-refractivity contribution in [1.82, 2.24) is 4.90 Å². The van der Waals surface area contributed by atoms with Gasteiger partial charge >= 0.3 is 5.97 Å². The SMILES string of the molecule is O=C(O)C1CC1C(=O)N1CCc2cccc(F)c2C1. The molecule has 0 radical (unpaired) electrons. The van der Waals surface area contributed by atoms with E-state index >= 15 is 0 Å². The van der Waals surface area contributed by atoms with E-state index in [1.807, 2.05) is 6.07 Å². The maximum atomic E-state index is 13.7. The topological polar surface area (TPSA) is 57.6 Å². The van der Waals surface area contributed by atoms with Gasteiger partial charge in [-0.1, -0.05) is 12.1 Å². The average Bonchev–Trinajstić information content (AvgIpc) is 3.18. The Morgan fingerprint density at radius 3 is 2.79 bits per heavy atom. The minimum Gasteiger partial charge on any atom is -0.481 e. The number of carbonyl (C=O) groups excluding carboxylic acids is 1. The smallest absolute Gasteiger partial charge is 0.307 e. The minimum atomic E-state index is -0.915. The second-order valence-corrected chi connectivity index (χ2v) is 5.17. The molecule has 0 aromatic heterocycles. The molecule has 2 unspecified atom stereocenters. The summed E-state index contributed by atoms with van der Waals surface area (Å²) in [6.07, 6.45) is 1.04. The summed E-state index contributed by atoms with van der Waals surface area (Å²) < 4.78 is 13.7. The van der Waals surface area contributed by atoms with Gasteiger partial charge in [-0.25, -0.2) is 4.39 Å². The third-order valence-electron chi connectivity index (χ3n) is 3.95. The first kappa shape index (κ1) is 12.1. The Kier molecular flexibility index (Phi) is 2.77. The van der Waals surface area contributed by atoms with Gasteiger partial charge in [0.2, 0.25) is 5.91 Å². The van der Waals surface area contributed by atoms with E-state index in [0.717, 1.165) is 5.56 Å². The van der Waals surface area contributed by atoms with Crippen LogP contribution in [0.4, 0.5) is 4.39 Å². The Bertz CT molecular complexity index is 558. The predicted molar refractivity (Wildman–Crippen MR) is 64.8 cm³/mol. The summed E-state index contributed by atoms with van der Waals surface area (Å²) >= 11 is 0. The van der Waals surface area contributed by atoms with Gasteiger partial charge in [-0.3, -0.25) is 9.59 Å². The van der Waals surface area contributed by atoms with Gasteiger partial charge in [0.05, 0.1) is 11.8 Å². The molecule has 5 heteroatoms. The van der Waals surface area contributed by atoms with Crippen LogP contribution in [-0.2, 0) is 22.6 Å². The molecule has 0 saturated heterocycles. The lowest BCUT2D eigenvalue weighted by Crippen LogP contribution is -2.38. The van der Waals surface area contributed by atoms with Gasteiger partial charge in [0.25, 0.3) is 0 Å². The number of hydrogen-bond acceptors (Lipinski definition) is 2. The van der Waals surface area contributed by atoms with Gasteiger partial charge in [0.1, 0.15) is 5.82 Å². The normalized spacial score (nSPS) is 24.8. The van der Waals surface area contributed by atoms with E-state index < -0.39 is 17.8 Å². The highest BCUT2D eigenvalue weighted by molar-refractivity contribution is 5.89. The number of carbonyl (C=O) groups is 2. The number of fused-ring (bicyclic) bond motifs is 1. The third kappa shape index (κ3) is 2.09. The van der Waals surface area contributed by atoms with Gasteiger partial charge in [-0.15, -0.1) is 0 Å². The lowest BCUT2D eigenvalue weighted by molar-refractivity contribution is -0.142. The van der Waals surface area contributed by atoms with Crippen molar-refractivity contribution in [3.05, 3.63) is 35.1 Å². The molecule has 2 aliphatic rings. The van der Waals surface area contributed by atoms with Gasteiger partial charge in [0, 0.05) is 18.7 Å². The number of aliphatic carboxylic acids is 1. The molecule has 1 N–H and O–H groups in total. The zero-order valence-corrected chi connectivity index (χ0v) is 10.3. The Hall–Kier alpha value is -1.91. The number of amides is 1. The van der Waals surface area contributed by atoms with E-state index in [1.54, 1.807) is 11.0 Å². The van der Waals surface area contributed by atoms with Gasteiger partial charge in [0.15, 0.2) is 0 Å². The molecule has 100 valence electrons. The van der Waals surface area contributed by atoms with Crippen molar-refractivity contribution in [3.8, 4) is 0 Å². The number of carboxylic acid groups (broad SMARTS) is 1. The molecular formula is C14H14FNO3. The zero-order chi connectivity index (χ0) is 13.6. The molecule has 1 heterocycles. The number of carboxylic acids is 1. The molecule has 1 saturated carbocycles. The molecular weight excluding hydrogens is 249 g/mol. The Morgan fingerprint density at radius 1 is 1.32 bits per heavy atom. The predicted octanol–water partition coefficient (Wildman–Crippen LogP) is 1.43. The van der Waals surface area contributed by atoms with E-state index in [-0.39, 0.29) is 18.3 Å². The second kappa shape index (κ2) is 4.33. The highest BCUT2D eigenvalue weighted by Crippen LogP contribution is 2.40. The van der Waals surface area contributed by atoms with Crippen LogP contribution in [0, 0.1) is 17.7 Å². The van der Waals surface area contributed by atoms with Crippen molar-refractivity contribution >= 4 is 11.9 Å². The molecule has 4 nitrogen and oxygen atoms in total. The van der Waals surface area contributed by atoms with Crippen molar-refractivity contribution in [3.63, 3.8) is 0 Å². The summed E-state index contributed by atoms with van der Waals surface area (Å²) in [7, 11) is 0. The first-order valence-electron chi connectivity index (χ1n) is 6.36. The lowest BCUT2D eigenvalue weighted by Gasteiger charge is -2.29. The molecule has 1 aromatic carbocycles. The Labute approximate surface area is 109 Å². The number of halogens is 1. The highest BCUT2D eigenvalue weighted by Gasteiger charge is 2.50. The summed E-state index contributed by atoms with van der Waals surface area (Å²) in [4.78, 5) is 24.5. The van der Waals surface area contributed by atoms with Crippen LogP contribution in [0.3, 0.4) is 0 Å². The molecule has 1 aromatic rings. The van der Waals surface area contributed by atoms with Crippen molar-refractivity contribution in [2.24, 2.45) is 11.8 Å². The summed E-state index contributed by atoms with van der Waals surface area (Å²) in [5.41, 5.74) is 1.50. The van der Waals surface area contributed by atoms with Crippen LogP contribution in [0.25, 0.3) is 0 Å². The average molecular weight is 263 g/mol. The van der Waals surface area contributed by atoms with Crippen LogP contribution in [0.15, 0.2) is 18.2 Å². The number of nitrogens with zero attached hydrogens (tertiary/aromatic N) is 1. The largest absolute Gasteiger partial charge is 0.481 e. The van der Waals surface area contributed by atoms with Crippen molar-refractivity contribution in [2.75, 3.05) is 6.54 Å². The number of hydrogen-bond donors (Lipinski definition) is 1. The molecule has 1 aliphatic carbocycles. The monoisotopic (exact) mass is 263 g/mol. The van der Waals surface area contributed by atoms with Crippen LogP contribution in [0.2, 0.25) is 0 Å². The van der Waals surface area contributed by atoms with Crippen LogP contribution >= 0.6 is 0 Å². The van der Waals surface area contributed by atoms with E-state index in [9.17, 15) is 14.0 Å². The van der Waals surface area contributed by atoms with Crippen LogP contribution in [0.1, 0.15) is 17.5 Å². The molecule has 1 aliphatic heterocycles. The maximum Gasteiger partial charge on any atom is 0.307 e. The van der Waals surface area contributed by atoms with Crippen molar-refractivity contribution in [2.45, 2.75) is 19.4 Å². The number of rotatable bonds is 2. The van der Waals surface area contributed by atoms with E-state index in [2.05, 4.69) is 0 Å². The van der Waals surface area contributed by atoms with Gasteiger partial charge in [-0.05, 0) is 24.5 Å². The molecule has 0 spiro atoms. The standard InChI is InChI=1S/C14H14FNO3/c15-12-3-1-2-8-4-5-16(7-11(8)12)13(17)9-6-10(9)14(18)19/h1-3,9-10H,4-7H2,(H,18,19). The minimum absolute atomic E-state index is 0.152. The molecule has 1 amide bonds. The molecule has 0 bridgehead atoms. The lowest BCUT2D eigenvalue weighted by atomic mass is 9.99. The Balaban J connectivity index is 1.74. The number of benzene rings is 1. The second-order valence-electron chi connectivity index (χ2n) is 5.17.